The summed E-state index contributed by atoms with van der Waals surface area (Å²) in [5.41, 5.74) is -2.04. The smallest absolute Gasteiger partial charge is 0.410 e. The molecule has 24 heavy (non-hydrogen) atoms. The molecule has 0 saturated carbocycles. The van der Waals surface area contributed by atoms with Gasteiger partial charge in [0.05, 0.1) is 0 Å². The molecule has 0 bridgehead atoms. The maximum absolute atomic E-state index is 13.0. The largest absolute Gasteiger partial charge is 0.478 e. The number of aliphatic carboxylic acids is 1. The van der Waals surface area contributed by atoms with Crippen LogP contribution in [0.3, 0.4) is 0 Å². The molecule has 0 radical (unpaired) electrons. The SMILES string of the molecule is CC(C)(C)OC(=O)N1CCC(Oc2ccc(F)cc2)(C(=O)O)CC1. The van der Waals surface area contributed by atoms with E-state index in [1.54, 1.807) is 20.8 Å². The van der Waals surface area contributed by atoms with Crippen molar-refractivity contribution in [3.63, 3.8) is 0 Å². The maximum Gasteiger partial charge on any atom is 0.410 e. The third kappa shape index (κ3) is 4.37. The number of halogens is 1. The first kappa shape index (κ1) is 18.0. The number of carbonyl (C=O) groups is 2. The quantitative estimate of drug-likeness (QED) is 0.916. The van der Waals surface area contributed by atoms with Crippen molar-refractivity contribution in [3.8, 4) is 5.75 Å². The van der Waals surface area contributed by atoms with Gasteiger partial charge >= 0.3 is 12.1 Å². The fourth-order valence-corrected chi connectivity index (χ4v) is 2.46. The minimum atomic E-state index is -1.43. The maximum atomic E-state index is 13.0. The number of rotatable bonds is 3. The number of carbonyl (C=O) groups excluding carboxylic acids is 1. The first-order chi connectivity index (χ1) is 11.1. The Morgan fingerprint density at radius 1 is 1.17 bits per heavy atom. The number of carboxylic acid groups (broad SMARTS) is 1. The Morgan fingerprint density at radius 3 is 2.17 bits per heavy atom. The summed E-state index contributed by atoms with van der Waals surface area (Å²) in [4.78, 5) is 25.3. The van der Waals surface area contributed by atoms with Crippen molar-refractivity contribution in [2.45, 2.75) is 44.8 Å². The Bertz CT molecular complexity index is 600. The van der Waals surface area contributed by atoms with Crippen LogP contribution < -0.4 is 4.74 Å². The third-order valence-electron chi connectivity index (χ3n) is 3.74. The molecule has 1 N–H and O–H groups in total. The number of benzene rings is 1. The summed E-state index contributed by atoms with van der Waals surface area (Å²) in [6, 6.07) is 5.20. The normalized spacial score (nSPS) is 17.2. The second kappa shape index (κ2) is 6.67. The summed E-state index contributed by atoms with van der Waals surface area (Å²) in [6.45, 7) is 5.74. The van der Waals surface area contributed by atoms with Crippen molar-refractivity contribution in [1.29, 1.82) is 0 Å². The van der Waals surface area contributed by atoms with Gasteiger partial charge in [0.15, 0.2) is 0 Å². The van der Waals surface area contributed by atoms with E-state index in [1.807, 2.05) is 0 Å². The molecule has 1 aliphatic rings. The molecule has 1 amide bonds. The van der Waals surface area contributed by atoms with Crippen LogP contribution in [0.15, 0.2) is 24.3 Å². The van der Waals surface area contributed by atoms with Gasteiger partial charge in [0.1, 0.15) is 17.2 Å². The highest BCUT2D eigenvalue weighted by Gasteiger charge is 2.45. The van der Waals surface area contributed by atoms with E-state index in [2.05, 4.69) is 0 Å². The third-order valence-corrected chi connectivity index (χ3v) is 3.74. The van der Waals surface area contributed by atoms with Crippen LogP contribution in [-0.2, 0) is 9.53 Å². The lowest BCUT2D eigenvalue weighted by atomic mass is 9.91. The fourth-order valence-electron chi connectivity index (χ4n) is 2.46. The van der Waals surface area contributed by atoms with E-state index in [4.69, 9.17) is 9.47 Å². The van der Waals surface area contributed by atoms with Gasteiger partial charge < -0.3 is 19.5 Å². The molecular weight excluding hydrogens is 317 g/mol. The number of hydrogen-bond donors (Lipinski definition) is 1. The van der Waals surface area contributed by atoms with Gasteiger partial charge in [0, 0.05) is 25.9 Å². The Morgan fingerprint density at radius 2 is 1.71 bits per heavy atom. The summed E-state index contributed by atoms with van der Waals surface area (Å²) in [6.07, 6.45) is -0.221. The Kier molecular flexibility index (Phi) is 5.01. The predicted molar refractivity (Wildman–Crippen MR) is 84.4 cm³/mol. The average Bonchev–Trinajstić information content (AvgIpc) is 2.48. The molecule has 1 aliphatic heterocycles. The zero-order valence-electron chi connectivity index (χ0n) is 14.0. The lowest BCUT2D eigenvalue weighted by molar-refractivity contribution is -0.159. The molecule has 0 spiro atoms. The molecule has 1 aromatic carbocycles. The number of hydrogen-bond acceptors (Lipinski definition) is 4. The summed E-state index contributed by atoms with van der Waals surface area (Å²) in [5, 5.41) is 9.58. The van der Waals surface area contributed by atoms with Crippen molar-refractivity contribution < 1.29 is 28.6 Å². The van der Waals surface area contributed by atoms with Crippen LogP contribution >= 0.6 is 0 Å². The first-order valence-corrected chi connectivity index (χ1v) is 7.77. The van der Waals surface area contributed by atoms with Crippen molar-refractivity contribution in [1.82, 2.24) is 4.90 Å². The summed E-state index contributed by atoms with van der Waals surface area (Å²) in [5.74, 6) is -1.24. The molecule has 6 nitrogen and oxygen atoms in total. The number of amides is 1. The zero-order valence-corrected chi connectivity index (χ0v) is 14.0. The second-order valence-corrected chi connectivity index (χ2v) is 6.82. The van der Waals surface area contributed by atoms with Gasteiger partial charge in [-0.25, -0.2) is 14.0 Å². The standard InChI is InChI=1S/C17H22FNO5/c1-16(2,3)24-15(22)19-10-8-17(9-11-19,14(20)21)23-13-6-4-12(18)5-7-13/h4-7H,8-11H2,1-3H3,(H,20,21). The van der Waals surface area contributed by atoms with Gasteiger partial charge in [0.25, 0.3) is 0 Å². The number of nitrogens with zero attached hydrogens (tertiary/aromatic N) is 1. The van der Waals surface area contributed by atoms with Gasteiger partial charge in [-0.1, -0.05) is 0 Å². The van der Waals surface area contributed by atoms with Crippen LogP contribution in [0.4, 0.5) is 9.18 Å². The monoisotopic (exact) mass is 339 g/mol. The van der Waals surface area contributed by atoms with Crippen molar-refractivity contribution in [3.05, 3.63) is 30.1 Å². The highest BCUT2D eigenvalue weighted by atomic mass is 19.1. The van der Waals surface area contributed by atoms with Crippen molar-refractivity contribution in [2.24, 2.45) is 0 Å². The lowest BCUT2D eigenvalue weighted by Gasteiger charge is -2.39. The van der Waals surface area contributed by atoms with Crippen LogP contribution in [0, 0.1) is 5.82 Å². The van der Waals surface area contributed by atoms with E-state index >= 15 is 0 Å². The second-order valence-electron chi connectivity index (χ2n) is 6.82. The number of ether oxygens (including phenoxy) is 2. The highest BCUT2D eigenvalue weighted by molar-refractivity contribution is 5.79. The Hall–Kier alpha value is -2.31. The summed E-state index contributed by atoms with van der Waals surface area (Å²) < 4.78 is 23.9. The van der Waals surface area contributed by atoms with Crippen LogP contribution in [0.1, 0.15) is 33.6 Å². The molecule has 1 fully saturated rings. The van der Waals surface area contributed by atoms with E-state index in [9.17, 15) is 19.1 Å². The number of piperidine rings is 1. The number of likely N-dealkylation sites (tertiary alicyclic amines) is 1. The van der Waals surface area contributed by atoms with Crippen molar-refractivity contribution in [2.75, 3.05) is 13.1 Å². The van der Waals surface area contributed by atoms with Gasteiger partial charge in [-0.15, -0.1) is 0 Å². The molecule has 0 atom stereocenters. The summed E-state index contributed by atoms with van der Waals surface area (Å²) >= 11 is 0. The molecule has 0 unspecified atom stereocenters. The van der Waals surface area contributed by atoms with Crippen molar-refractivity contribution >= 4 is 12.1 Å². The lowest BCUT2D eigenvalue weighted by Crippen LogP contribution is -2.54. The Balaban J connectivity index is 2.05. The average molecular weight is 339 g/mol. The van der Waals surface area contributed by atoms with E-state index in [-0.39, 0.29) is 31.7 Å². The predicted octanol–water partition coefficient (Wildman–Crippen LogP) is 3.06. The van der Waals surface area contributed by atoms with Gasteiger partial charge in [-0.3, -0.25) is 0 Å². The van der Waals surface area contributed by atoms with Crippen LogP contribution in [0.5, 0.6) is 5.75 Å². The molecule has 1 saturated heterocycles. The Labute approximate surface area is 140 Å². The summed E-state index contributed by atoms with van der Waals surface area (Å²) in [7, 11) is 0. The fraction of sp³-hybridized carbons (Fsp3) is 0.529. The highest BCUT2D eigenvalue weighted by Crippen LogP contribution is 2.30. The van der Waals surface area contributed by atoms with Gasteiger partial charge in [0.2, 0.25) is 5.60 Å². The minimum absolute atomic E-state index is 0.124. The number of carboxylic acids is 1. The van der Waals surface area contributed by atoms with Crippen LogP contribution in [0.25, 0.3) is 0 Å². The molecule has 2 rings (SSSR count). The molecule has 1 aromatic rings. The molecule has 132 valence electrons. The minimum Gasteiger partial charge on any atom is -0.478 e. The molecule has 0 aromatic heterocycles. The zero-order chi connectivity index (χ0) is 18.0. The first-order valence-electron chi connectivity index (χ1n) is 7.77. The van der Waals surface area contributed by atoms with Gasteiger partial charge in [-0.2, -0.15) is 0 Å². The topological polar surface area (TPSA) is 76.1 Å². The molecule has 0 aliphatic carbocycles. The van der Waals surface area contributed by atoms with E-state index in [0.717, 1.165) is 0 Å². The van der Waals surface area contributed by atoms with Crippen LogP contribution in [-0.4, -0.2) is 46.4 Å². The molecule has 1 heterocycles. The molecule has 7 heteroatoms. The molecular formula is C17H22FNO5. The van der Waals surface area contributed by atoms with E-state index in [1.165, 1.54) is 29.2 Å². The van der Waals surface area contributed by atoms with E-state index < -0.39 is 29.1 Å². The van der Waals surface area contributed by atoms with Crippen LogP contribution in [0.2, 0.25) is 0 Å². The van der Waals surface area contributed by atoms with Gasteiger partial charge in [-0.05, 0) is 45.0 Å². The van der Waals surface area contributed by atoms with E-state index in [0.29, 0.717) is 0 Å².